The van der Waals surface area contributed by atoms with Crippen LogP contribution in [0.4, 0.5) is 21.2 Å². The SMILES string of the molecule is C[C@@H](NC(=O)Nc1cc2[nH]nc(N(C)C(=O)O)c2cn1)c1ccccc1. The Bertz CT molecular complexity index is 940. The van der Waals surface area contributed by atoms with Crippen LogP contribution < -0.4 is 15.5 Å². The van der Waals surface area contributed by atoms with Crippen LogP contribution in [-0.2, 0) is 0 Å². The number of anilines is 2. The minimum absolute atomic E-state index is 0.164. The van der Waals surface area contributed by atoms with Crippen LogP contribution in [0.5, 0.6) is 0 Å². The average molecular weight is 354 g/mol. The van der Waals surface area contributed by atoms with E-state index in [1.54, 1.807) is 6.07 Å². The van der Waals surface area contributed by atoms with Gasteiger partial charge in [-0.3, -0.25) is 15.3 Å². The molecule has 4 N–H and O–H groups in total. The number of pyridine rings is 1. The van der Waals surface area contributed by atoms with Gasteiger partial charge in [0.2, 0.25) is 0 Å². The van der Waals surface area contributed by atoms with Crippen LogP contribution in [-0.4, -0.2) is 39.5 Å². The third kappa shape index (κ3) is 3.56. The van der Waals surface area contributed by atoms with Crippen molar-refractivity contribution < 1.29 is 14.7 Å². The zero-order valence-corrected chi connectivity index (χ0v) is 14.2. The van der Waals surface area contributed by atoms with E-state index in [0.29, 0.717) is 16.7 Å². The quantitative estimate of drug-likeness (QED) is 0.573. The molecule has 0 saturated carbocycles. The van der Waals surface area contributed by atoms with E-state index in [1.807, 2.05) is 37.3 Å². The molecule has 134 valence electrons. The van der Waals surface area contributed by atoms with Crippen molar-refractivity contribution in [1.82, 2.24) is 20.5 Å². The number of hydrogen-bond acceptors (Lipinski definition) is 4. The Labute approximate surface area is 149 Å². The highest BCUT2D eigenvalue weighted by Crippen LogP contribution is 2.24. The van der Waals surface area contributed by atoms with Crippen molar-refractivity contribution in [2.75, 3.05) is 17.3 Å². The van der Waals surface area contributed by atoms with E-state index in [0.717, 1.165) is 10.5 Å². The maximum atomic E-state index is 12.2. The number of nitrogens with one attached hydrogen (secondary N) is 3. The van der Waals surface area contributed by atoms with E-state index >= 15 is 0 Å². The maximum absolute atomic E-state index is 12.2. The lowest BCUT2D eigenvalue weighted by Gasteiger charge is -2.14. The van der Waals surface area contributed by atoms with Crippen molar-refractivity contribution in [1.29, 1.82) is 0 Å². The summed E-state index contributed by atoms with van der Waals surface area (Å²) in [6.45, 7) is 1.88. The van der Waals surface area contributed by atoms with Crippen LogP contribution in [0.2, 0.25) is 0 Å². The Balaban J connectivity index is 1.71. The molecule has 0 aliphatic heterocycles. The lowest BCUT2D eigenvalue weighted by Crippen LogP contribution is -2.31. The van der Waals surface area contributed by atoms with Gasteiger partial charge >= 0.3 is 12.1 Å². The molecule has 0 radical (unpaired) electrons. The third-order valence-electron chi connectivity index (χ3n) is 3.92. The summed E-state index contributed by atoms with van der Waals surface area (Å²) in [5, 5.41) is 21.8. The summed E-state index contributed by atoms with van der Waals surface area (Å²) in [7, 11) is 1.39. The van der Waals surface area contributed by atoms with Crippen molar-refractivity contribution in [2.24, 2.45) is 0 Å². The lowest BCUT2D eigenvalue weighted by atomic mass is 10.1. The molecule has 0 unspecified atom stereocenters. The van der Waals surface area contributed by atoms with E-state index in [-0.39, 0.29) is 11.9 Å². The molecule has 1 aromatic carbocycles. The van der Waals surface area contributed by atoms with E-state index < -0.39 is 12.1 Å². The van der Waals surface area contributed by atoms with Gasteiger partial charge in [-0.25, -0.2) is 14.6 Å². The van der Waals surface area contributed by atoms with E-state index in [4.69, 9.17) is 5.11 Å². The fraction of sp³-hybridized carbons (Fsp3) is 0.176. The van der Waals surface area contributed by atoms with Crippen LogP contribution in [0, 0.1) is 0 Å². The standard InChI is InChI=1S/C17H18N6O3/c1-10(11-6-4-3-5-7-11)19-16(24)20-14-8-13-12(9-18-14)15(22-21-13)23(2)17(25)26/h3-10H,1-2H3,(H,21,22)(H,25,26)(H2,18,19,20,24)/t10-/m1/s1. The van der Waals surface area contributed by atoms with Crippen molar-refractivity contribution >= 4 is 34.7 Å². The summed E-state index contributed by atoms with van der Waals surface area (Å²) in [6, 6.07) is 10.6. The number of rotatable bonds is 4. The number of H-pyrrole nitrogens is 1. The molecule has 0 fully saturated rings. The lowest BCUT2D eigenvalue weighted by molar-refractivity contribution is 0.203. The van der Waals surface area contributed by atoms with Crippen LogP contribution in [0.25, 0.3) is 10.9 Å². The van der Waals surface area contributed by atoms with Crippen LogP contribution in [0.3, 0.4) is 0 Å². The Hall–Kier alpha value is -3.62. The van der Waals surface area contributed by atoms with Gasteiger partial charge in [-0.1, -0.05) is 30.3 Å². The number of fused-ring (bicyclic) bond motifs is 1. The van der Waals surface area contributed by atoms with Gasteiger partial charge < -0.3 is 10.4 Å². The monoisotopic (exact) mass is 354 g/mol. The summed E-state index contributed by atoms with van der Waals surface area (Å²) in [6.07, 6.45) is 0.332. The van der Waals surface area contributed by atoms with Crippen LogP contribution in [0.1, 0.15) is 18.5 Å². The summed E-state index contributed by atoms with van der Waals surface area (Å²) >= 11 is 0. The first kappa shape index (κ1) is 17.2. The van der Waals surface area contributed by atoms with Gasteiger partial charge in [0.15, 0.2) is 5.82 Å². The first-order valence-electron chi connectivity index (χ1n) is 7.89. The molecule has 0 spiro atoms. The van der Waals surface area contributed by atoms with Gasteiger partial charge in [0.1, 0.15) is 5.82 Å². The molecular weight excluding hydrogens is 336 g/mol. The number of urea groups is 1. The molecule has 0 saturated heterocycles. The second kappa shape index (κ2) is 7.09. The number of amides is 3. The Kier molecular flexibility index (Phi) is 4.70. The molecule has 26 heavy (non-hydrogen) atoms. The molecule has 0 aliphatic rings. The molecule has 9 heteroatoms. The Morgan fingerprint density at radius 2 is 2.00 bits per heavy atom. The van der Waals surface area contributed by atoms with Gasteiger partial charge in [-0.05, 0) is 12.5 Å². The first-order valence-corrected chi connectivity index (χ1v) is 7.89. The second-order valence-corrected chi connectivity index (χ2v) is 5.73. The number of hydrogen-bond donors (Lipinski definition) is 4. The number of benzene rings is 1. The third-order valence-corrected chi connectivity index (χ3v) is 3.92. The molecule has 2 aromatic heterocycles. The van der Waals surface area contributed by atoms with Gasteiger partial charge in [0.25, 0.3) is 0 Å². The topological polar surface area (TPSA) is 123 Å². The first-order chi connectivity index (χ1) is 12.5. The fourth-order valence-corrected chi connectivity index (χ4v) is 2.49. The number of carboxylic acid groups (broad SMARTS) is 1. The summed E-state index contributed by atoms with van der Waals surface area (Å²) in [5.74, 6) is 0.567. The number of nitrogens with zero attached hydrogens (tertiary/aromatic N) is 3. The smallest absolute Gasteiger partial charge is 0.412 e. The summed E-state index contributed by atoms with van der Waals surface area (Å²) < 4.78 is 0. The highest BCUT2D eigenvalue weighted by molar-refractivity contribution is 5.99. The zero-order chi connectivity index (χ0) is 18.7. The second-order valence-electron chi connectivity index (χ2n) is 5.73. The highest BCUT2D eigenvalue weighted by atomic mass is 16.4. The zero-order valence-electron chi connectivity index (χ0n) is 14.2. The number of aromatic nitrogens is 3. The highest BCUT2D eigenvalue weighted by Gasteiger charge is 2.17. The number of aromatic amines is 1. The summed E-state index contributed by atoms with van der Waals surface area (Å²) in [4.78, 5) is 28.4. The van der Waals surface area contributed by atoms with E-state index in [2.05, 4.69) is 25.8 Å². The molecule has 0 aliphatic carbocycles. The minimum Gasteiger partial charge on any atom is -0.465 e. The predicted octanol–water partition coefficient (Wildman–Crippen LogP) is 2.95. The Morgan fingerprint density at radius 3 is 2.69 bits per heavy atom. The molecule has 9 nitrogen and oxygen atoms in total. The van der Waals surface area contributed by atoms with Gasteiger partial charge in [0, 0.05) is 19.3 Å². The number of carbonyl (C=O) groups excluding carboxylic acids is 1. The average Bonchev–Trinajstić information content (AvgIpc) is 3.04. The van der Waals surface area contributed by atoms with Gasteiger partial charge in [-0.2, -0.15) is 5.10 Å². The molecule has 0 bridgehead atoms. The normalized spacial score (nSPS) is 11.8. The molecule has 3 amide bonds. The fourth-order valence-electron chi connectivity index (χ4n) is 2.49. The molecule has 3 rings (SSSR count). The van der Waals surface area contributed by atoms with Crippen molar-refractivity contribution in [2.45, 2.75) is 13.0 Å². The van der Waals surface area contributed by atoms with Gasteiger partial charge in [-0.15, -0.1) is 0 Å². The predicted molar refractivity (Wildman–Crippen MR) is 97.3 cm³/mol. The molecule has 1 atom stereocenters. The largest absolute Gasteiger partial charge is 0.465 e. The van der Waals surface area contributed by atoms with Crippen LogP contribution >= 0.6 is 0 Å². The van der Waals surface area contributed by atoms with E-state index in [9.17, 15) is 9.59 Å². The molecular formula is C17H18N6O3. The van der Waals surface area contributed by atoms with Crippen molar-refractivity contribution in [3.05, 3.63) is 48.2 Å². The number of carbonyl (C=O) groups is 2. The minimum atomic E-state index is -1.13. The molecule has 3 aromatic rings. The summed E-state index contributed by atoms with van der Waals surface area (Å²) in [5.41, 5.74) is 1.55. The Morgan fingerprint density at radius 1 is 1.27 bits per heavy atom. The maximum Gasteiger partial charge on any atom is 0.412 e. The van der Waals surface area contributed by atoms with Crippen molar-refractivity contribution in [3.63, 3.8) is 0 Å². The van der Waals surface area contributed by atoms with Crippen LogP contribution in [0.15, 0.2) is 42.6 Å². The van der Waals surface area contributed by atoms with Gasteiger partial charge in [0.05, 0.1) is 16.9 Å². The molecule has 2 heterocycles. The van der Waals surface area contributed by atoms with Crippen molar-refractivity contribution in [3.8, 4) is 0 Å². The van der Waals surface area contributed by atoms with E-state index in [1.165, 1.54) is 13.2 Å².